The van der Waals surface area contributed by atoms with Gasteiger partial charge in [-0.2, -0.15) is 0 Å². The zero-order valence-corrected chi connectivity index (χ0v) is 30.0. The van der Waals surface area contributed by atoms with Crippen molar-refractivity contribution in [3.05, 3.63) is 85.4 Å². The number of halogens is 1. The maximum absolute atomic E-state index is 12.5. The van der Waals surface area contributed by atoms with Crippen LogP contribution < -0.4 is 5.32 Å². The van der Waals surface area contributed by atoms with Crippen molar-refractivity contribution in [2.24, 2.45) is 0 Å². The lowest BCUT2D eigenvalue weighted by Gasteiger charge is -2.35. The van der Waals surface area contributed by atoms with E-state index in [0.717, 1.165) is 70.9 Å². The molecule has 0 spiro atoms. The van der Waals surface area contributed by atoms with Gasteiger partial charge < -0.3 is 15.2 Å². The number of rotatable bonds is 10. The normalized spacial score (nSPS) is 14.4. The second kappa shape index (κ2) is 19.6. The maximum Gasteiger partial charge on any atom is 0.310 e. The summed E-state index contributed by atoms with van der Waals surface area (Å²) < 4.78 is 8.29. The number of aliphatic hydroxyl groups excluding tert-OH is 1. The summed E-state index contributed by atoms with van der Waals surface area (Å²) in [6.07, 6.45) is 5.98. The molecule has 2 N–H and O–H groups in total. The summed E-state index contributed by atoms with van der Waals surface area (Å²) in [7, 11) is 2.42. The summed E-state index contributed by atoms with van der Waals surface area (Å²) in [6.45, 7) is 12.1. The number of methoxy groups -OCH3 is 1. The maximum atomic E-state index is 12.5. The third-order valence-electron chi connectivity index (χ3n) is 7.81. The zero-order valence-electron chi connectivity index (χ0n) is 27.6. The van der Waals surface area contributed by atoms with Gasteiger partial charge in [0, 0.05) is 36.8 Å². The van der Waals surface area contributed by atoms with E-state index in [0.29, 0.717) is 11.4 Å². The minimum atomic E-state index is -0.318. The van der Waals surface area contributed by atoms with E-state index in [9.17, 15) is 14.9 Å². The first-order chi connectivity index (χ1) is 21.6. The van der Waals surface area contributed by atoms with Gasteiger partial charge >= 0.3 is 5.97 Å². The fraction of sp³-hybridized carbons (Fsp3) is 0.457. The molecule has 3 aromatic rings. The van der Waals surface area contributed by atoms with Crippen LogP contribution in [0.4, 0.5) is 11.4 Å². The van der Waals surface area contributed by atoms with Crippen LogP contribution in [0.15, 0.2) is 57.9 Å². The number of nitrogens with zero attached hydrogens (tertiary/aromatic N) is 2. The monoisotopic (exact) mass is 701 g/mol. The lowest BCUT2D eigenvalue weighted by Crippen LogP contribution is -2.39. The van der Waals surface area contributed by atoms with Crippen LogP contribution in [0.2, 0.25) is 0 Å². The van der Waals surface area contributed by atoms with Crippen molar-refractivity contribution < 1.29 is 19.6 Å². The molecule has 1 unspecified atom stereocenters. The number of benzene rings is 3. The van der Waals surface area contributed by atoms with Crippen LogP contribution in [0.25, 0.3) is 11.1 Å². The Morgan fingerprint density at radius 3 is 2.31 bits per heavy atom. The fourth-order valence-electron chi connectivity index (χ4n) is 5.11. The van der Waals surface area contributed by atoms with Gasteiger partial charge in [-0.3, -0.25) is 14.9 Å². The van der Waals surface area contributed by atoms with Gasteiger partial charge in [0.25, 0.3) is 5.69 Å². The number of aryl methyl sites for hydroxylation is 1. The topological polar surface area (TPSA) is 105 Å². The number of anilines is 1. The number of nitro benzene ring substituents is 1. The Balaban J connectivity index is 0.00000109. The van der Waals surface area contributed by atoms with Crippen LogP contribution in [0.5, 0.6) is 0 Å². The van der Waals surface area contributed by atoms with E-state index in [1.165, 1.54) is 37.5 Å². The molecule has 0 aromatic heterocycles. The molecule has 0 amide bonds. The van der Waals surface area contributed by atoms with Gasteiger partial charge in [0.1, 0.15) is 4.90 Å². The average Bonchev–Trinajstić information content (AvgIpc) is 3.06. The Morgan fingerprint density at radius 1 is 1.07 bits per heavy atom. The number of para-hydroxylation sites is 1. The van der Waals surface area contributed by atoms with Gasteiger partial charge in [-0.1, -0.05) is 75.1 Å². The summed E-state index contributed by atoms with van der Waals surface area (Å²) in [5, 5.41) is 22.2. The Morgan fingerprint density at radius 2 is 1.71 bits per heavy atom. The van der Waals surface area contributed by atoms with Gasteiger partial charge in [-0.05, 0) is 95.4 Å². The second-order valence-corrected chi connectivity index (χ2v) is 12.8. The van der Waals surface area contributed by atoms with E-state index in [2.05, 4.69) is 77.5 Å². The van der Waals surface area contributed by atoms with E-state index in [-0.39, 0.29) is 29.0 Å². The van der Waals surface area contributed by atoms with Crippen LogP contribution in [0, 0.1) is 30.9 Å². The van der Waals surface area contributed by atoms with Crippen molar-refractivity contribution >= 4 is 45.2 Å². The number of esters is 1. The highest BCUT2D eigenvalue weighted by Crippen LogP contribution is 2.42. The van der Waals surface area contributed by atoms with E-state index in [4.69, 9.17) is 9.84 Å². The molecule has 1 saturated heterocycles. The molecular weight excluding hydrogens is 654 g/mol. The number of aliphatic hydroxyl groups is 1. The molecule has 1 atom stereocenters. The van der Waals surface area contributed by atoms with Crippen molar-refractivity contribution in [3.8, 4) is 11.1 Å². The molecule has 10 heteroatoms. The lowest BCUT2D eigenvalue weighted by molar-refractivity contribution is -0.387. The molecule has 1 aliphatic heterocycles. The van der Waals surface area contributed by atoms with Crippen LogP contribution in [-0.4, -0.2) is 53.7 Å². The van der Waals surface area contributed by atoms with Crippen LogP contribution in [-0.2, 0) is 16.0 Å². The second-order valence-electron chi connectivity index (χ2n) is 10.9. The van der Waals surface area contributed by atoms with E-state index in [1.807, 2.05) is 19.1 Å². The van der Waals surface area contributed by atoms with E-state index >= 15 is 0 Å². The largest absolute Gasteiger partial charge is 0.469 e. The van der Waals surface area contributed by atoms with Gasteiger partial charge in [0.2, 0.25) is 0 Å². The number of unbranched alkanes of at least 4 members (excludes halogenated alkanes) is 1. The number of hydrogen-bond donors (Lipinski definition) is 2. The van der Waals surface area contributed by atoms with E-state index in [1.54, 1.807) is 12.1 Å². The lowest BCUT2D eigenvalue weighted by atomic mass is 9.88. The van der Waals surface area contributed by atoms with E-state index < -0.39 is 0 Å². The summed E-state index contributed by atoms with van der Waals surface area (Å²) in [4.78, 5) is 24.4. The van der Waals surface area contributed by atoms with Gasteiger partial charge in [0.05, 0.1) is 24.1 Å². The molecule has 0 radical (unpaired) electrons. The van der Waals surface area contributed by atoms with Crippen molar-refractivity contribution in [1.82, 2.24) is 4.31 Å². The van der Waals surface area contributed by atoms with Crippen molar-refractivity contribution in [2.75, 3.05) is 32.6 Å². The van der Waals surface area contributed by atoms with Crippen LogP contribution in [0.3, 0.4) is 0 Å². The number of carbonyl (C=O) groups excluding carboxylic acids is 1. The highest BCUT2D eigenvalue weighted by Gasteiger charge is 2.27. The molecule has 0 saturated carbocycles. The first-order valence-electron chi connectivity index (χ1n) is 15.4. The quantitative estimate of drug-likeness (QED) is 0.0934. The third kappa shape index (κ3) is 10.6. The molecule has 45 heavy (non-hydrogen) atoms. The van der Waals surface area contributed by atoms with Crippen molar-refractivity contribution in [1.29, 1.82) is 0 Å². The number of piperidine rings is 1. The number of ether oxygens (including phenoxy) is 1. The Kier molecular flexibility index (Phi) is 16.6. The van der Waals surface area contributed by atoms with Crippen molar-refractivity contribution in [2.45, 2.75) is 84.1 Å². The summed E-state index contributed by atoms with van der Waals surface area (Å²) in [6, 6.07) is 15.5. The molecular formula is C35H48BrN3O5S. The number of nitro groups is 1. The standard InChI is InChI=1S/C30H34BrN3O4S.C4H10.CH4O/c1-19-12-14-22(15-13-19)28-21(3)29(31)30(20(2)24(28)17-27(35)38-4)32-18-23-9-7-8-16-33(23)39-26-11-6-5-10-25(26)34(36)37;1-3-4-2;1-2/h5-6,10-15,23,32H,7-9,16-18H2,1-4H3;3-4H2,1-2H3;2H,1H3. The minimum absolute atomic E-state index is 0.133. The molecule has 0 aliphatic carbocycles. The van der Waals surface area contributed by atoms with Crippen molar-refractivity contribution in [3.63, 3.8) is 0 Å². The van der Waals surface area contributed by atoms with Crippen LogP contribution >= 0.6 is 27.9 Å². The molecule has 1 heterocycles. The molecule has 1 aliphatic rings. The molecule has 4 rings (SSSR count). The Labute approximate surface area is 281 Å². The highest BCUT2D eigenvalue weighted by atomic mass is 79.9. The van der Waals surface area contributed by atoms with Gasteiger partial charge in [0.15, 0.2) is 0 Å². The smallest absolute Gasteiger partial charge is 0.310 e. The number of carbonyl (C=O) groups is 1. The minimum Gasteiger partial charge on any atom is -0.469 e. The number of hydrogen-bond acceptors (Lipinski definition) is 8. The Hall–Kier alpha value is -2.92. The Bertz CT molecular complexity index is 1400. The van der Waals surface area contributed by atoms with Gasteiger partial charge in [-0.25, -0.2) is 4.31 Å². The molecule has 3 aromatic carbocycles. The molecule has 1 fully saturated rings. The summed E-state index contributed by atoms with van der Waals surface area (Å²) >= 11 is 5.33. The molecule has 246 valence electrons. The zero-order chi connectivity index (χ0) is 33.5. The molecule has 8 nitrogen and oxygen atoms in total. The average molecular weight is 703 g/mol. The van der Waals surface area contributed by atoms with Crippen LogP contribution in [0.1, 0.15) is 68.2 Å². The highest BCUT2D eigenvalue weighted by molar-refractivity contribution is 9.10. The summed E-state index contributed by atoms with van der Waals surface area (Å²) in [5.41, 5.74) is 7.38. The fourth-order valence-corrected chi connectivity index (χ4v) is 6.93. The predicted molar refractivity (Wildman–Crippen MR) is 190 cm³/mol. The molecule has 0 bridgehead atoms. The number of nitrogens with one attached hydrogen (secondary N) is 1. The summed E-state index contributed by atoms with van der Waals surface area (Å²) in [5.74, 6) is -0.279. The van der Waals surface area contributed by atoms with Gasteiger partial charge in [-0.15, -0.1) is 0 Å². The SMILES string of the molecule is CCCC.CO.COC(=O)Cc1c(C)c(NCC2CCCCN2Sc2ccccc2[N+](=O)[O-])c(Br)c(C)c1-c1ccc(C)cc1. The first-order valence-corrected chi connectivity index (χ1v) is 17.0. The first kappa shape index (κ1) is 38.3. The third-order valence-corrected chi connectivity index (χ3v) is 10.1. The predicted octanol–water partition coefficient (Wildman–Crippen LogP) is 9.05.